The summed E-state index contributed by atoms with van der Waals surface area (Å²) in [6, 6.07) is 81.1. The molecule has 0 spiro atoms. The van der Waals surface area contributed by atoms with Crippen LogP contribution in [0.5, 0.6) is 0 Å². The average molecular weight is 728 g/mol. The molecule has 0 amide bonds. The Morgan fingerprint density at radius 3 is 1.30 bits per heavy atom. The van der Waals surface area contributed by atoms with Crippen molar-refractivity contribution in [1.29, 1.82) is 0 Å². The molecule has 0 bridgehead atoms. The van der Waals surface area contributed by atoms with Gasteiger partial charge in [0.2, 0.25) is 0 Å². The summed E-state index contributed by atoms with van der Waals surface area (Å²) in [7, 11) is 0. The Labute approximate surface area is 331 Å². The summed E-state index contributed by atoms with van der Waals surface area (Å²) in [5.74, 6) is 0. The van der Waals surface area contributed by atoms with Crippen LogP contribution in [0.3, 0.4) is 0 Å². The minimum atomic E-state index is 1.09. The lowest BCUT2D eigenvalue weighted by Gasteiger charge is -2.26. The Morgan fingerprint density at radius 1 is 0.246 bits per heavy atom. The molecule has 0 saturated heterocycles. The highest BCUT2D eigenvalue weighted by Crippen LogP contribution is 2.41. The first-order valence-corrected chi connectivity index (χ1v) is 19.5. The van der Waals surface area contributed by atoms with E-state index in [9.17, 15) is 0 Å². The lowest BCUT2D eigenvalue weighted by Crippen LogP contribution is -2.10. The van der Waals surface area contributed by atoms with Gasteiger partial charge in [-0.05, 0) is 101 Å². The van der Waals surface area contributed by atoms with Crippen LogP contribution in [0.1, 0.15) is 0 Å². The van der Waals surface area contributed by atoms with Crippen molar-refractivity contribution in [2.45, 2.75) is 0 Å². The summed E-state index contributed by atoms with van der Waals surface area (Å²) in [5, 5.41) is 5.01. The molecule has 0 atom stereocenters. The van der Waals surface area contributed by atoms with E-state index in [0.29, 0.717) is 0 Å². The van der Waals surface area contributed by atoms with E-state index in [4.69, 9.17) is 0 Å². The third-order valence-corrected chi connectivity index (χ3v) is 11.3. The van der Waals surface area contributed by atoms with Gasteiger partial charge in [0.15, 0.2) is 0 Å². The molecule has 0 aliphatic rings. The van der Waals surface area contributed by atoms with Crippen LogP contribution >= 0.6 is 0 Å². The number of anilines is 3. The molecular weight excluding hydrogens is 691 g/mol. The summed E-state index contributed by atoms with van der Waals surface area (Å²) in [6.45, 7) is 0. The molecule has 0 radical (unpaired) electrons. The Bertz CT molecular complexity index is 3160. The highest BCUT2D eigenvalue weighted by molar-refractivity contribution is 6.11. The largest absolute Gasteiger partial charge is 0.310 e. The molecule has 0 saturated carbocycles. The maximum Gasteiger partial charge on any atom is 0.0561 e. The van der Waals surface area contributed by atoms with Crippen LogP contribution in [0.15, 0.2) is 224 Å². The number of benzene rings is 9. The van der Waals surface area contributed by atoms with Crippen molar-refractivity contribution in [1.82, 2.24) is 9.13 Å². The second-order valence-corrected chi connectivity index (χ2v) is 14.6. The van der Waals surface area contributed by atoms with Crippen molar-refractivity contribution in [3.05, 3.63) is 224 Å². The maximum absolute atomic E-state index is 2.39. The zero-order valence-electron chi connectivity index (χ0n) is 31.2. The average Bonchev–Trinajstić information content (AvgIpc) is 3.80. The molecule has 0 unspecified atom stereocenters. The highest BCUT2D eigenvalue weighted by atomic mass is 15.1. The van der Waals surface area contributed by atoms with Crippen molar-refractivity contribution in [3.63, 3.8) is 0 Å². The third kappa shape index (κ3) is 5.60. The quantitative estimate of drug-likeness (QED) is 0.159. The van der Waals surface area contributed by atoms with E-state index in [1.54, 1.807) is 0 Å². The smallest absolute Gasteiger partial charge is 0.0561 e. The molecule has 2 aromatic heterocycles. The molecule has 2 heterocycles. The first-order valence-electron chi connectivity index (χ1n) is 19.5. The fourth-order valence-corrected chi connectivity index (χ4v) is 8.66. The second kappa shape index (κ2) is 13.6. The molecule has 0 aliphatic carbocycles. The van der Waals surface area contributed by atoms with Gasteiger partial charge in [-0.3, -0.25) is 0 Å². The molecule has 268 valence electrons. The summed E-state index contributed by atoms with van der Waals surface area (Å²) in [4.78, 5) is 2.39. The third-order valence-electron chi connectivity index (χ3n) is 11.3. The number of rotatable bonds is 7. The molecule has 0 aliphatic heterocycles. The summed E-state index contributed by atoms with van der Waals surface area (Å²) < 4.78 is 4.76. The molecule has 3 nitrogen and oxygen atoms in total. The molecule has 9 aromatic carbocycles. The van der Waals surface area contributed by atoms with Gasteiger partial charge in [0, 0.05) is 50.0 Å². The van der Waals surface area contributed by atoms with Gasteiger partial charge in [-0.2, -0.15) is 0 Å². The number of aromatic nitrogens is 2. The van der Waals surface area contributed by atoms with Crippen LogP contribution in [0.2, 0.25) is 0 Å². The van der Waals surface area contributed by atoms with Gasteiger partial charge in [0.25, 0.3) is 0 Å². The summed E-state index contributed by atoms with van der Waals surface area (Å²) >= 11 is 0. The number of fused-ring (bicyclic) bond motifs is 6. The standard InChI is InChI=1S/C54H37N3/c1-3-14-38(15-4-1)39-26-30-43(31-27-39)55(46-34-35-50-49-22-9-12-25-53(49)57(54(50)37-46)42-17-5-2-6-18-42)45-19-13-16-41(36-45)40-28-32-44(33-29-40)56-51-23-10-7-20-47(51)48-21-8-11-24-52(48)56/h1-37H. The first kappa shape index (κ1) is 32.8. The van der Waals surface area contributed by atoms with Gasteiger partial charge in [-0.15, -0.1) is 0 Å². The predicted octanol–water partition coefficient (Wildman–Crippen LogP) is 14.7. The van der Waals surface area contributed by atoms with Crippen LogP contribution in [0.4, 0.5) is 17.1 Å². The molecule has 3 heteroatoms. The van der Waals surface area contributed by atoms with Crippen molar-refractivity contribution in [2.75, 3.05) is 4.90 Å². The topological polar surface area (TPSA) is 13.1 Å². The van der Waals surface area contributed by atoms with Crippen LogP contribution in [-0.4, -0.2) is 9.13 Å². The maximum atomic E-state index is 2.39. The van der Waals surface area contributed by atoms with Gasteiger partial charge in [-0.25, -0.2) is 0 Å². The van der Waals surface area contributed by atoms with Gasteiger partial charge in [-0.1, -0.05) is 146 Å². The number of para-hydroxylation sites is 4. The van der Waals surface area contributed by atoms with Crippen molar-refractivity contribution in [3.8, 4) is 33.6 Å². The van der Waals surface area contributed by atoms with E-state index in [-0.39, 0.29) is 0 Å². The minimum Gasteiger partial charge on any atom is -0.310 e. The fourth-order valence-electron chi connectivity index (χ4n) is 8.66. The van der Waals surface area contributed by atoms with Crippen LogP contribution in [-0.2, 0) is 0 Å². The molecule has 0 fully saturated rings. The lowest BCUT2D eigenvalue weighted by atomic mass is 10.0. The van der Waals surface area contributed by atoms with Gasteiger partial charge in [0.1, 0.15) is 0 Å². The lowest BCUT2D eigenvalue weighted by molar-refractivity contribution is 1.18. The second-order valence-electron chi connectivity index (χ2n) is 14.6. The Hall–Kier alpha value is -7.62. The molecule has 11 rings (SSSR count). The van der Waals surface area contributed by atoms with Crippen LogP contribution < -0.4 is 4.90 Å². The van der Waals surface area contributed by atoms with Crippen LogP contribution in [0.25, 0.3) is 77.2 Å². The minimum absolute atomic E-state index is 1.09. The highest BCUT2D eigenvalue weighted by Gasteiger charge is 2.19. The molecule has 0 N–H and O–H groups in total. The first-order chi connectivity index (χ1) is 28.3. The Balaban J connectivity index is 1.04. The van der Waals surface area contributed by atoms with E-state index < -0.39 is 0 Å². The monoisotopic (exact) mass is 727 g/mol. The normalized spacial score (nSPS) is 11.5. The van der Waals surface area contributed by atoms with E-state index in [0.717, 1.165) is 34.0 Å². The Kier molecular flexibility index (Phi) is 7.82. The zero-order valence-corrected chi connectivity index (χ0v) is 31.2. The van der Waals surface area contributed by atoms with Gasteiger partial charge < -0.3 is 14.0 Å². The van der Waals surface area contributed by atoms with Crippen molar-refractivity contribution in [2.24, 2.45) is 0 Å². The molecule has 11 aromatic rings. The van der Waals surface area contributed by atoms with Gasteiger partial charge >= 0.3 is 0 Å². The molecule has 57 heavy (non-hydrogen) atoms. The van der Waals surface area contributed by atoms with E-state index >= 15 is 0 Å². The fraction of sp³-hybridized carbons (Fsp3) is 0. The summed E-state index contributed by atoms with van der Waals surface area (Å²) in [5.41, 5.74) is 15.1. The molecular formula is C54H37N3. The number of hydrogen-bond donors (Lipinski definition) is 0. The van der Waals surface area contributed by atoms with E-state index in [1.165, 1.54) is 60.3 Å². The number of hydrogen-bond acceptors (Lipinski definition) is 1. The SMILES string of the molecule is c1ccc(-c2ccc(N(c3cccc(-c4ccc(-n5c6ccccc6c6ccccc65)cc4)c3)c3ccc4c5ccccc5n(-c5ccccc5)c4c3)cc2)cc1. The number of nitrogens with zero attached hydrogens (tertiary/aromatic N) is 3. The zero-order chi connectivity index (χ0) is 37.7. The van der Waals surface area contributed by atoms with Crippen LogP contribution in [0, 0.1) is 0 Å². The van der Waals surface area contributed by atoms with Crippen molar-refractivity contribution >= 4 is 60.7 Å². The van der Waals surface area contributed by atoms with Gasteiger partial charge in [0.05, 0.1) is 22.1 Å². The predicted molar refractivity (Wildman–Crippen MR) is 241 cm³/mol. The van der Waals surface area contributed by atoms with Crippen molar-refractivity contribution < 1.29 is 0 Å². The summed E-state index contributed by atoms with van der Waals surface area (Å²) in [6.07, 6.45) is 0. The van der Waals surface area contributed by atoms with E-state index in [2.05, 4.69) is 238 Å². The Morgan fingerprint density at radius 2 is 0.667 bits per heavy atom. The van der Waals surface area contributed by atoms with E-state index in [1.807, 2.05) is 0 Å².